The average Bonchev–Trinajstić information content (AvgIpc) is 2.78. The summed E-state index contributed by atoms with van der Waals surface area (Å²) in [5.41, 5.74) is 1.58. The maximum atomic E-state index is 4.39. The van der Waals surface area contributed by atoms with Crippen LogP contribution < -0.4 is 5.32 Å². The van der Waals surface area contributed by atoms with E-state index in [1.54, 1.807) is 5.57 Å². The number of allylic oxidation sites excluding steroid dienone is 1. The SMILES string of the molecule is CCCNC(C1=CCCCC1)c1cnc(C)s1. The number of hydrogen-bond donors (Lipinski definition) is 1. The summed E-state index contributed by atoms with van der Waals surface area (Å²) < 4.78 is 0. The summed E-state index contributed by atoms with van der Waals surface area (Å²) in [6, 6.07) is 0.418. The number of thiazole rings is 1. The summed E-state index contributed by atoms with van der Waals surface area (Å²) in [7, 11) is 0. The number of aromatic nitrogens is 1. The lowest BCUT2D eigenvalue weighted by atomic mass is 9.93. The van der Waals surface area contributed by atoms with Gasteiger partial charge in [0.25, 0.3) is 0 Å². The third-order valence-corrected chi connectivity index (χ3v) is 4.20. The Bertz CT molecular complexity index is 381. The molecule has 1 aliphatic rings. The topological polar surface area (TPSA) is 24.9 Å². The zero-order valence-corrected chi connectivity index (χ0v) is 11.6. The van der Waals surface area contributed by atoms with Crippen LogP contribution in [0.2, 0.25) is 0 Å². The largest absolute Gasteiger partial charge is 0.306 e. The molecule has 1 unspecified atom stereocenters. The van der Waals surface area contributed by atoms with E-state index in [0.29, 0.717) is 6.04 Å². The first-order valence-electron chi connectivity index (χ1n) is 6.66. The van der Waals surface area contributed by atoms with Crippen LogP contribution in [-0.4, -0.2) is 11.5 Å². The van der Waals surface area contributed by atoms with Gasteiger partial charge in [0.2, 0.25) is 0 Å². The van der Waals surface area contributed by atoms with E-state index >= 15 is 0 Å². The van der Waals surface area contributed by atoms with Crippen molar-refractivity contribution in [3.05, 3.63) is 27.7 Å². The molecule has 0 aromatic carbocycles. The van der Waals surface area contributed by atoms with Crippen molar-refractivity contribution < 1.29 is 0 Å². The predicted octanol–water partition coefficient (Wildman–Crippen LogP) is 3.99. The maximum absolute atomic E-state index is 4.39. The zero-order chi connectivity index (χ0) is 12.1. The van der Waals surface area contributed by atoms with Gasteiger partial charge < -0.3 is 5.32 Å². The Kier molecular flexibility index (Phi) is 4.75. The Balaban J connectivity index is 2.15. The molecule has 0 aliphatic heterocycles. The molecule has 0 fully saturated rings. The molecule has 17 heavy (non-hydrogen) atoms. The highest BCUT2D eigenvalue weighted by atomic mass is 32.1. The van der Waals surface area contributed by atoms with E-state index in [4.69, 9.17) is 0 Å². The molecule has 1 aromatic heterocycles. The molecular formula is C14H22N2S. The van der Waals surface area contributed by atoms with Crippen molar-refractivity contribution in [2.45, 2.75) is 52.0 Å². The van der Waals surface area contributed by atoms with Crippen molar-refractivity contribution in [3.63, 3.8) is 0 Å². The van der Waals surface area contributed by atoms with Gasteiger partial charge in [0.05, 0.1) is 11.0 Å². The fourth-order valence-electron chi connectivity index (χ4n) is 2.34. The van der Waals surface area contributed by atoms with Gasteiger partial charge in [-0.25, -0.2) is 4.98 Å². The van der Waals surface area contributed by atoms with Crippen molar-refractivity contribution in [2.75, 3.05) is 6.54 Å². The summed E-state index contributed by atoms with van der Waals surface area (Å²) in [5, 5.41) is 4.84. The van der Waals surface area contributed by atoms with Crippen molar-refractivity contribution in [3.8, 4) is 0 Å². The lowest BCUT2D eigenvalue weighted by Gasteiger charge is -2.23. The van der Waals surface area contributed by atoms with Crippen LogP contribution in [0.3, 0.4) is 0 Å². The quantitative estimate of drug-likeness (QED) is 0.799. The lowest BCUT2D eigenvalue weighted by Crippen LogP contribution is -2.24. The van der Waals surface area contributed by atoms with Crippen molar-refractivity contribution >= 4 is 11.3 Å². The van der Waals surface area contributed by atoms with Gasteiger partial charge in [-0.3, -0.25) is 0 Å². The number of nitrogens with one attached hydrogen (secondary N) is 1. The van der Waals surface area contributed by atoms with Crippen molar-refractivity contribution in [1.29, 1.82) is 0 Å². The van der Waals surface area contributed by atoms with Crippen LogP contribution in [-0.2, 0) is 0 Å². The van der Waals surface area contributed by atoms with Crippen LogP contribution in [0.4, 0.5) is 0 Å². The number of aryl methyl sites for hydroxylation is 1. The van der Waals surface area contributed by atoms with E-state index in [1.165, 1.54) is 42.0 Å². The van der Waals surface area contributed by atoms with Crippen LogP contribution in [0.1, 0.15) is 55.0 Å². The number of rotatable bonds is 5. The highest BCUT2D eigenvalue weighted by Crippen LogP contribution is 2.32. The van der Waals surface area contributed by atoms with Gasteiger partial charge in [0, 0.05) is 11.1 Å². The smallest absolute Gasteiger partial charge is 0.0897 e. The normalized spacial score (nSPS) is 17.9. The van der Waals surface area contributed by atoms with Crippen LogP contribution in [0, 0.1) is 6.92 Å². The van der Waals surface area contributed by atoms with Crippen LogP contribution in [0.15, 0.2) is 17.8 Å². The summed E-state index contributed by atoms with van der Waals surface area (Å²) in [6.45, 7) is 5.39. The molecule has 1 heterocycles. The molecule has 0 radical (unpaired) electrons. The number of hydrogen-bond acceptors (Lipinski definition) is 3. The standard InChI is InChI=1S/C14H22N2S/c1-3-9-15-14(12-7-5-4-6-8-12)13-10-16-11(2)17-13/h7,10,14-15H,3-6,8-9H2,1-2H3. The molecule has 2 rings (SSSR count). The van der Waals surface area contributed by atoms with Gasteiger partial charge >= 0.3 is 0 Å². The molecule has 0 saturated heterocycles. The van der Waals surface area contributed by atoms with Crippen molar-refractivity contribution in [1.82, 2.24) is 10.3 Å². The second-order valence-electron chi connectivity index (χ2n) is 4.69. The molecule has 2 nitrogen and oxygen atoms in total. The van der Waals surface area contributed by atoms with Crippen LogP contribution in [0.5, 0.6) is 0 Å². The van der Waals surface area contributed by atoms with E-state index in [0.717, 1.165) is 6.54 Å². The fraction of sp³-hybridized carbons (Fsp3) is 0.643. The summed E-state index contributed by atoms with van der Waals surface area (Å²) in [4.78, 5) is 5.77. The number of nitrogens with zero attached hydrogens (tertiary/aromatic N) is 1. The minimum absolute atomic E-state index is 0.418. The molecule has 1 aromatic rings. The molecule has 3 heteroatoms. The van der Waals surface area contributed by atoms with Crippen molar-refractivity contribution in [2.24, 2.45) is 0 Å². The highest BCUT2D eigenvalue weighted by molar-refractivity contribution is 7.11. The first kappa shape index (κ1) is 12.8. The molecule has 0 amide bonds. The first-order valence-corrected chi connectivity index (χ1v) is 7.47. The average molecular weight is 250 g/mol. The van der Waals surface area contributed by atoms with E-state index in [2.05, 4.69) is 30.2 Å². The zero-order valence-electron chi connectivity index (χ0n) is 10.8. The molecular weight excluding hydrogens is 228 g/mol. The molecule has 0 spiro atoms. The van der Waals surface area contributed by atoms with Gasteiger partial charge in [-0.05, 0) is 45.6 Å². The van der Waals surface area contributed by atoms with E-state index in [9.17, 15) is 0 Å². The fourth-order valence-corrected chi connectivity index (χ4v) is 3.24. The lowest BCUT2D eigenvalue weighted by molar-refractivity contribution is 0.552. The Morgan fingerprint density at radius 1 is 1.47 bits per heavy atom. The Morgan fingerprint density at radius 2 is 2.35 bits per heavy atom. The Labute approximate surface area is 108 Å². The van der Waals surface area contributed by atoms with E-state index in [-0.39, 0.29) is 0 Å². The minimum atomic E-state index is 0.418. The summed E-state index contributed by atoms with van der Waals surface area (Å²) >= 11 is 1.83. The molecule has 0 bridgehead atoms. The first-order chi connectivity index (χ1) is 8.31. The minimum Gasteiger partial charge on any atom is -0.306 e. The van der Waals surface area contributed by atoms with Gasteiger partial charge in [0.1, 0.15) is 0 Å². The Hall–Kier alpha value is -0.670. The van der Waals surface area contributed by atoms with Gasteiger partial charge in [0.15, 0.2) is 0 Å². The van der Waals surface area contributed by atoms with Gasteiger partial charge in [-0.2, -0.15) is 0 Å². The van der Waals surface area contributed by atoms with Crippen LogP contribution >= 0.6 is 11.3 Å². The summed E-state index contributed by atoms with van der Waals surface area (Å²) in [5.74, 6) is 0. The summed E-state index contributed by atoms with van der Waals surface area (Å²) in [6.07, 6.45) is 10.9. The van der Waals surface area contributed by atoms with Crippen LogP contribution in [0.25, 0.3) is 0 Å². The molecule has 0 saturated carbocycles. The maximum Gasteiger partial charge on any atom is 0.0897 e. The molecule has 1 aliphatic carbocycles. The third kappa shape index (κ3) is 3.39. The third-order valence-electron chi connectivity index (χ3n) is 3.22. The molecule has 1 N–H and O–H groups in total. The van der Waals surface area contributed by atoms with E-state index < -0.39 is 0 Å². The van der Waals surface area contributed by atoms with Gasteiger partial charge in [-0.15, -0.1) is 11.3 Å². The second-order valence-corrected chi connectivity index (χ2v) is 5.96. The highest BCUT2D eigenvalue weighted by Gasteiger charge is 2.19. The molecule has 1 atom stereocenters. The van der Waals surface area contributed by atoms with Gasteiger partial charge in [-0.1, -0.05) is 18.6 Å². The monoisotopic (exact) mass is 250 g/mol. The second kappa shape index (κ2) is 6.31. The molecule has 94 valence electrons. The Morgan fingerprint density at radius 3 is 2.94 bits per heavy atom. The predicted molar refractivity (Wildman–Crippen MR) is 74.4 cm³/mol. The van der Waals surface area contributed by atoms with E-state index in [1.807, 2.05) is 17.5 Å².